The molecule has 1 amide bonds. The Morgan fingerprint density at radius 3 is 2.83 bits per heavy atom. The summed E-state index contributed by atoms with van der Waals surface area (Å²) >= 11 is 1.59. The lowest BCUT2D eigenvalue weighted by atomic mass is 10.2. The number of methoxy groups -OCH3 is 1. The van der Waals surface area contributed by atoms with E-state index >= 15 is 0 Å². The largest absolute Gasteiger partial charge is 0.497 e. The number of ether oxygens (including phenoxy) is 1. The predicted molar refractivity (Wildman–Crippen MR) is 112 cm³/mol. The van der Waals surface area contributed by atoms with Gasteiger partial charge in [0, 0.05) is 29.5 Å². The molecule has 0 aliphatic rings. The summed E-state index contributed by atoms with van der Waals surface area (Å²) in [4.78, 5) is 18.5. The van der Waals surface area contributed by atoms with Crippen LogP contribution in [0.5, 0.6) is 5.75 Å². The van der Waals surface area contributed by atoms with Crippen molar-refractivity contribution in [2.24, 2.45) is 0 Å². The first kappa shape index (κ1) is 18.9. The highest BCUT2D eigenvalue weighted by Gasteiger charge is 2.14. The maximum atomic E-state index is 11.9. The van der Waals surface area contributed by atoms with Gasteiger partial charge in [0.1, 0.15) is 11.5 Å². The molecule has 3 heterocycles. The van der Waals surface area contributed by atoms with E-state index in [2.05, 4.69) is 15.4 Å². The Balaban J connectivity index is 1.39. The number of nitrogens with one attached hydrogen (secondary N) is 1. The molecule has 0 spiro atoms. The van der Waals surface area contributed by atoms with Gasteiger partial charge in [-0.25, -0.2) is 4.52 Å². The Bertz CT molecular complexity index is 1140. The van der Waals surface area contributed by atoms with E-state index in [9.17, 15) is 4.79 Å². The number of thiazole rings is 1. The topological polar surface area (TPSA) is 81.7 Å². The van der Waals surface area contributed by atoms with Gasteiger partial charge in [-0.05, 0) is 49.4 Å². The molecule has 1 N–H and O–H groups in total. The molecule has 0 saturated carbocycles. The number of aryl methyl sites for hydroxylation is 1. The summed E-state index contributed by atoms with van der Waals surface area (Å²) in [6.07, 6.45) is 5.40. The maximum Gasteiger partial charge on any atom is 0.244 e. The number of benzene rings is 1. The highest BCUT2D eigenvalue weighted by Crippen LogP contribution is 2.26. The van der Waals surface area contributed by atoms with Crippen molar-refractivity contribution in [1.29, 1.82) is 0 Å². The minimum atomic E-state index is -0.152. The molecule has 3 aromatic heterocycles. The monoisotopic (exact) mass is 408 g/mol. The van der Waals surface area contributed by atoms with E-state index in [0.29, 0.717) is 18.1 Å². The normalized spacial score (nSPS) is 11.4. The summed E-state index contributed by atoms with van der Waals surface area (Å²) in [5, 5.41) is 7.51. The lowest BCUT2D eigenvalue weighted by Crippen LogP contribution is -2.23. The number of carbonyl (C=O) groups is 1. The van der Waals surface area contributed by atoms with Gasteiger partial charge in [-0.3, -0.25) is 4.79 Å². The first-order valence-corrected chi connectivity index (χ1v) is 9.94. The highest BCUT2D eigenvalue weighted by molar-refractivity contribution is 7.17. The van der Waals surface area contributed by atoms with Crippen LogP contribution in [0.25, 0.3) is 22.4 Å². The smallest absolute Gasteiger partial charge is 0.244 e. The van der Waals surface area contributed by atoms with Gasteiger partial charge in [0.05, 0.1) is 19.1 Å². The van der Waals surface area contributed by atoms with E-state index < -0.39 is 0 Å². The van der Waals surface area contributed by atoms with E-state index in [4.69, 9.17) is 9.15 Å². The van der Waals surface area contributed by atoms with Crippen molar-refractivity contribution in [2.45, 2.75) is 13.3 Å². The zero-order chi connectivity index (χ0) is 20.2. The van der Waals surface area contributed by atoms with Crippen LogP contribution in [0.15, 0.2) is 53.2 Å². The van der Waals surface area contributed by atoms with Crippen LogP contribution in [-0.4, -0.2) is 34.2 Å². The minimum absolute atomic E-state index is 0.152. The molecular weight excluding hydrogens is 388 g/mol. The molecule has 0 aliphatic carbocycles. The Kier molecular flexibility index (Phi) is 5.44. The fraction of sp³-hybridized carbons (Fsp3) is 0.190. The second-order valence-corrected chi connectivity index (χ2v) is 7.42. The van der Waals surface area contributed by atoms with Crippen molar-refractivity contribution >= 4 is 28.3 Å². The average molecular weight is 408 g/mol. The van der Waals surface area contributed by atoms with Gasteiger partial charge in [-0.1, -0.05) is 11.3 Å². The van der Waals surface area contributed by atoms with Crippen LogP contribution in [0.3, 0.4) is 0 Å². The summed E-state index contributed by atoms with van der Waals surface area (Å²) in [6, 6.07) is 11.3. The number of nitrogens with zero attached hydrogens (tertiary/aromatic N) is 3. The molecule has 0 unspecified atom stereocenters. The molecule has 148 valence electrons. The first-order chi connectivity index (χ1) is 14.1. The average Bonchev–Trinajstić information content (AvgIpc) is 3.46. The number of carbonyl (C=O) groups excluding carboxylic acids is 1. The van der Waals surface area contributed by atoms with E-state index in [0.717, 1.165) is 33.3 Å². The summed E-state index contributed by atoms with van der Waals surface area (Å²) in [5.74, 6) is 1.98. The van der Waals surface area contributed by atoms with Gasteiger partial charge in [-0.2, -0.15) is 4.98 Å². The molecule has 0 aliphatic heterocycles. The van der Waals surface area contributed by atoms with Crippen LogP contribution in [0.1, 0.15) is 16.3 Å². The standard InChI is InChI=1S/C21H20N4O3S/c1-14-18(11-12-22-19(26)10-9-17-4-3-13-28-17)29-21-23-20(24-25(14)21)15-5-7-16(27-2)8-6-15/h3-10,13H,11-12H2,1-2H3,(H,22,26)/b10-9+. The third-order valence-electron chi connectivity index (χ3n) is 4.45. The number of hydrogen-bond acceptors (Lipinski definition) is 6. The van der Waals surface area contributed by atoms with Crippen LogP contribution >= 0.6 is 11.3 Å². The number of amides is 1. The second kappa shape index (κ2) is 8.32. The van der Waals surface area contributed by atoms with Crippen molar-refractivity contribution in [3.05, 3.63) is 65.1 Å². The van der Waals surface area contributed by atoms with Gasteiger partial charge in [0.25, 0.3) is 0 Å². The van der Waals surface area contributed by atoms with E-state index in [1.165, 1.54) is 6.08 Å². The molecule has 7 nitrogen and oxygen atoms in total. The van der Waals surface area contributed by atoms with Gasteiger partial charge < -0.3 is 14.5 Å². The third-order valence-corrected chi connectivity index (χ3v) is 5.65. The first-order valence-electron chi connectivity index (χ1n) is 9.13. The van der Waals surface area contributed by atoms with Crippen molar-refractivity contribution in [3.8, 4) is 17.1 Å². The highest BCUT2D eigenvalue weighted by atomic mass is 32.1. The SMILES string of the molecule is COc1ccc(-c2nc3sc(CCNC(=O)/C=C/c4ccco4)c(C)n3n2)cc1. The summed E-state index contributed by atoms with van der Waals surface area (Å²) < 4.78 is 12.2. The quantitative estimate of drug-likeness (QED) is 0.471. The van der Waals surface area contributed by atoms with Crippen molar-refractivity contribution in [3.63, 3.8) is 0 Å². The molecule has 0 radical (unpaired) electrons. The van der Waals surface area contributed by atoms with Crippen LogP contribution in [0.2, 0.25) is 0 Å². The molecular formula is C21H20N4O3S. The zero-order valence-electron chi connectivity index (χ0n) is 16.1. The van der Waals surface area contributed by atoms with Crippen molar-refractivity contribution in [2.75, 3.05) is 13.7 Å². The van der Waals surface area contributed by atoms with E-state index in [1.54, 1.807) is 42.9 Å². The maximum absolute atomic E-state index is 11.9. The van der Waals surface area contributed by atoms with E-state index in [1.807, 2.05) is 35.7 Å². The zero-order valence-corrected chi connectivity index (χ0v) is 16.9. The number of aromatic nitrogens is 3. The number of furan rings is 1. The van der Waals surface area contributed by atoms with Crippen molar-refractivity contribution in [1.82, 2.24) is 19.9 Å². The molecule has 0 atom stereocenters. The van der Waals surface area contributed by atoms with Gasteiger partial charge >= 0.3 is 0 Å². The molecule has 4 aromatic rings. The lowest BCUT2D eigenvalue weighted by Gasteiger charge is -2.02. The predicted octanol–water partition coefficient (Wildman–Crippen LogP) is 3.74. The van der Waals surface area contributed by atoms with Gasteiger partial charge in [0.15, 0.2) is 5.82 Å². The Morgan fingerprint density at radius 2 is 2.14 bits per heavy atom. The molecule has 8 heteroatoms. The summed E-state index contributed by atoms with van der Waals surface area (Å²) in [6.45, 7) is 2.56. The molecule has 29 heavy (non-hydrogen) atoms. The Hall–Kier alpha value is -3.39. The Morgan fingerprint density at radius 1 is 1.31 bits per heavy atom. The summed E-state index contributed by atoms with van der Waals surface area (Å²) in [7, 11) is 1.64. The van der Waals surface area contributed by atoms with Crippen LogP contribution in [0, 0.1) is 6.92 Å². The van der Waals surface area contributed by atoms with Gasteiger partial charge in [0.2, 0.25) is 10.9 Å². The molecule has 0 saturated heterocycles. The molecule has 4 rings (SSSR count). The van der Waals surface area contributed by atoms with Crippen molar-refractivity contribution < 1.29 is 13.9 Å². The molecule has 0 bridgehead atoms. The fourth-order valence-electron chi connectivity index (χ4n) is 2.88. The third kappa shape index (κ3) is 4.22. The van der Waals surface area contributed by atoms with Gasteiger partial charge in [-0.15, -0.1) is 5.10 Å². The molecule has 1 aromatic carbocycles. The Labute approximate surface area is 171 Å². The number of fused-ring (bicyclic) bond motifs is 1. The fourth-order valence-corrected chi connectivity index (χ4v) is 3.94. The van der Waals surface area contributed by atoms with E-state index in [-0.39, 0.29) is 5.91 Å². The lowest BCUT2D eigenvalue weighted by molar-refractivity contribution is -0.116. The summed E-state index contributed by atoms with van der Waals surface area (Å²) in [5.41, 5.74) is 1.98. The van der Waals surface area contributed by atoms with Crippen LogP contribution in [0.4, 0.5) is 0 Å². The number of rotatable bonds is 7. The minimum Gasteiger partial charge on any atom is -0.497 e. The number of hydrogen-bond donors (Lipinski definition) is 1. The van der Waals surface area contributed by atoms with Crippen LogP contribution < -0.4 is 10.1 Å². The second-order valence-electron chi connectivity index (χ2n) is 6.36. The van der Waals surface area contributed by atoms with Crippen LogP contribution in [-0.2, 0) is 11.2 Å². The molecule has 0 fully saturated rings.